The Morgan fingerprint density at radius 2 is 1.67 bits per heavy atom. The fourth-order valence-electron chi connectivity index (χ4n) is 3.93. The zero-order chi connectivity index (χ0) is 28.8. The van der Waals surface area contributed by atoms with E-state index >= 15 is 0 Å². The molecule has 0 N–H and O–H groups in total. The normalized spacial score (nSPS) is 16.8. The summed E-state index contributed by atoms with van der Waals surface area (Å²) in [7, 11) is 0. The van der Waals surface area contributed by atoms with E-state index in [-0.39, 0.29) is 11.3 Å². The number of hydrogen-bond donors (Lipinski definition) is 0. The fourth-order valence-corrected chi connectivity index (χ4v) is 4.09. The van der Waals surface area contributed by atoms with Crippen molar-refractivity contribution < 1.29 is 28.6 Å². The van der Waals surface area contributed by atoms with E-state index in [1.54, 1.807) is 84.3 Å². The molecule has 2 amide bonds. The Balaban J connectivity index is 1.78. The van der Waals surface area contributed by atoms with Crippen LogP contribution in [0.5, 0.6) is 0 Å². The lowest BCUT2D eigenvalue weighted by Gasteiger charge is -2.27. The second-order valence-corrected chi connectivity index (χ2v) is 11.5. The number of hydrogen-bond acceptors (Lipinski definition) is 8. The maximum atomic E-state index is 13.6. The number of carbonyl (C=O) groups is 3. The average molecular weight is 550 g/mol. The molecular formula is C29H28ClN3O6. The first kappa shape index (κ1) is 27.9. The number of ether oxygens (including phenoxy) is 3. The fraction of sp³-hybridized carbons (Fsp3) is 0.345. The van der Waals surface area contributed by atoms with E-state index in [2.05, 4.69) is 21.8 Å². The Morgan fingerprint density at radius 1 is 0.974 bits per heavy atom. The molecule has 1 unspecified atom stereocenters. The molecule has 1 aliphatic heterocycles. The zero-order valence-corrected chi connectivity index (χ0v) is 23.5. The maximum Gasteiger partial charge on any atom is 0.510 e. The van der Waals surface area contributed by atoms with Crippen LogP contribution in [0.1, 0.15) is 65.3 Å². The molecule has 3 heterocycles. The van der Waals surface area contributed by atoms with Crippen LogP contribution >= 0.6 is 11.6 Å². The lowest BCUT2D eigenvalue weighted by molar-refractivity contribution is -0.139. The molecule has 0 bridgehead atoms. The van der Waals surface area contributed by atoms with Crippen LogP contribution < -0.4 is 4.90 Å². The summed E-state index contributed by atoms with van der Waals surface area (Å²) in [5.41, 5.74) is -2.12. The first-order valence-electron chi connectivity index (χ1n) is 12.1. The zero-order valence-electron chi connectivity index (χ0n) is 22.7. The highest BCUT2D eigenvalue weighted by Crippen LogP contribution is 2.44. The van der Waals surface area contributed by atoms with Gasteiger partial charge in [0.05, 0.1) is 5.69 Å². The highest BCUT2D eigenvalue weighted by atomic mass is 35.5. The maximum absolute atomic E-state index is 13.6. The summed E-state index contributed by atoms with van der Waals surface area (Å²) >= 11 is 6.06. The molecule has 1 atom stereocenters. The lowest BCUT2D eigenvalue weighted by atomic mass is 9.96. The third-order valence-electron chi connectivity index (χ3n) is 5.56. The molecule has 0 fully saturated rings. The number of rotatable bonds is 1. The van der Waals surface area contributed by atoms with Crippen LogP contribution in [-0.4, -0.2) is 39.3 Å². The number of fused-ring (bicyclic) bond motifs is 2. The van der Waals surface area contributed by atoms with Crippen LogP contribution in [0.15, 0.2) is 42.7 Å². The molecule has 39 heavy (non-hydrogen) atoms. The number of pyridine rings is 2. The van der Waals surface area contributed by atoms with Crippen molar-refractivity contribution in [3.05, 3.63) is 64.7 Å². The van der Waals surface area contributed by atoms with E-state index in [0.29, 0.717) is 16.4 Å². The highest BCUT2D eigenvalue weighted by molar-refractivity contribution is 6.30. The number of halogens is 1. The number of amides is 2. The van der Waals surface area contributed by atoms with Gasteiger partial charge in [0, 0.05) is 34.3 Å². The topological polar surface area (TPSA) is 108 Å². The number of aromatic nitrogens is 2. The van der Waals surface area contributed by atoms with Gasteiger partial charge in [-0.05, 0) is 78.7 Å². The van der Waals surface area contributed by atoms with Crippen LogP contribution in [0.25, 0.3) is 10.8 Å². The summed E-state index contributed by atoms with van der Waals surface area (Å²) in [6.07, 6.45) is 1.30. The summed E-state index contributed by atoms with van der Waals surface area (Å²) in [4.78, 5) is 48.6. The summed E-state index contributed by atoms with van der Waals surface area (Å²) in [5, 5.41) is 1.87. The van der Waals surface area contributed by atoms with Crippen molar-refractivity contribution in [3.8, 4) is 11.8 Å². The van der Waals surface area contributed by atoms with Crippen molar-refractivity contribution in [2.24, 2.45) is 0 Å². The Kier molecular flexibility index (Phi) is 7.04. The Hall–Kier alpha value is -4.16. The first-order chi connectivity index (χ1) is 18.1. The third kappa shape index (κ3) is 5.96. The van der Waals surface area contributed by atoms with E-state index in [1.807, 2.05) is 0 Å². The van der Waals surface area contributed by atoms with Crippen molar-refractivity contribution in [3.63, 3.8) is 0 Å². The van der Waals surface area contributed by atoms with Gasteiger partial charge in [-0.25, -0.2) is 24.5 Å². The van der Waals surface area contributed by atoms with Gasteiger partial charge in [0.2, 0.25) is 5.60 Å². The van der Waals surface area contributed by atoms with Gasteiger partial charge < -0.3 is 14.2 Å². The minimum absolute atomic E-state index is 0.185. The molecule has 1 aromatic carbocycles. The number of nitrogens with zero attached hydrogens (tertiary/aromatic N) is 3. The molecule has 10 heteroatoms. The van der Waals surface area contributed by atoms with Crippen LogP contribution in [0.3, 0.4) is 0 Å². The summed E-state index contributed by atoms with van der Waals surface area (Å²) in [6.45, 7) is 11.5. The standard InChI is InChI=1S/C29H28ClN3O6/c1-27(2,3)37-25(35)33-22-14-17(9-11-21-19-15-23(30)32-16-18(19)12-13-31-21)8-10-20(22)29(7,24(33)34)39-26(36)38-28(4,5)6/h8,10,12-16H,1-7H3. The van der Waals surface area contributed by atoms with Gasteiger partial charge in [-0.15, -0.1) is 0 Å². The molecule has 0 saturated carbocycles. The second kappa shape index (κ2) is 9.86. The molecule has 2 aromatic heterocycles. The molecule has 3 aromatic rings. The predicted octanol–water partition coefficient (Wildman–Crippen LogP) is 6.13. The molecule has 4 rings (SSSR count). The van der Waals surface area contributed by atoms with Gasteiger partial charge in [0.1, 0.15) is 22.0 Å². The quantitative estimate of drug-likeness (QED) is 0.202. The van der Waals surface area contributed by atoms with Crippen LogP contribution in [0.4, 0.5) is 15.3 Å². The molecular weight excluding hydrogens is 522 g/mol. The summed E-state index contributed by atoms with van der Waals surface area (Å²) < 4.78 is 16.3. The van der Waals surface area contributed by atoms with Crippen LogP contribution in [0.2, 0.25) is 5.15 Å². The van der Waals surface area contributed by atoms with Crippen LogP contribution in [0, 0.1) is 11.8 Å². The predicted molar refractivity (Wildman–Crippen MR) is 145 cm³/mol. The number of anilines is 1. The van der Waals surface area contributed by atoms with Gasteiger partial charge in [0.25, 0.3) is 5.91 Å². The first-order valence-corrected chi connectivity index (χ1v) is 12.5. The molecule has 0 spiro atoms. The van der Waals surface area contributed by atoms with Gasteiger partial charge in [-0.2, -0.15) is 0 Å². The van der Waals surface area contributed by atoms with E-state index in [4.69, 9.17) is 25.8 Å². The molecule has 9 nitrogen and oxygen atoms in total. The molecule has 202 valence electrons. The molecule has 0 radical (unpaired) electrons. The van der Waals surface area contributed by atoms with Gasteiger partial charge in [-0.1, -0.05) is 23.6 Å². The minimum atomic E-state index is -1.83. The lowest BCUT2D eigenvalue weighted by Crippen LogP contribution is -2.46. The van der Waals surface area contributed by atoms with E-state index in [1.165, 1.54) is 6.92 Å². The minimum Gasteiger partial charge on any atom is -0.443 e. The Morgan fingerprint density at radius 3 is 2.33 bits per heavy atom. The third-order valence-corrected chi connectivity index (χ3v) is 5.76. The van der Waals surface area contributed by atoms with E-state index < -0.39 is 35.0 Å². The van der Waals surface area contributed by atoms with Crippen molar-refractivity contribution >= 4 is 46.2 Å². The Bertz CT molecular complexity index is 1560. The van der Waals surface area contributed by atoms with Crippen molar-refractivity contribution in [1.29, 1.82) is 0 Å². The second-order valence-electron chi connectivity index (χ2n) is 11.1. The molecule has 0 saturated heterocycles. The smallest absolute Gasteiger partial charge is 0.443 e. The highest BCUT2D eigenvalue weighted by Gasteiger charge is 2.54. The Labute approximate surface area is 231 Å². The summed E-state index contributed by atoms with van der Waals surface area (Å²) in [5.74, 6) is 5.26. The van der Waals surface area contributed by atoms with Crippen molar-refractivity contribution in [2.75, 3.05) is 4.90 Å². The molecule has 1 aliphatic rings. The number of benzene rings is 1. The monoisotopic (exact) mass is 549 g/mol. The molecule has 0 aliphatic carbocycles. The van der Waals surface area contributed by atoms with E-state index in [9.17, 15) is 14.4 Å². The van der Waals surface area contributed by atoms with E-state index in [0.717, 1.165) is 15.7 Å². The van der Waals surface area contributed by atoms with Gasteiger partial charge in [-0.3, -0.25) is 4.79 Å². The van der Waals surface area contributed by atoms with Crippen molar-refractivity contribution in [1.82, 2.24) is 9.97 Å². The van der Waals surface area contributed by atoms with Crippen LogP contribution in [-0.2, 0) is 24.6 Å². The SMILES string of the molecule is CC(C)(C)OC(=O)OC1(C)C(=O)N(C(=O)OC(C)(C)C)c2cc(C#Cc3nccc4cnc(Cl)cc34)ccc21. The summed E-state index contributed by atoms with van der Waals surface area (Å²) in [6, 6.07) is 8.29. The average Bonchev–Trinajstić information content (AvgIpc) is 3.01. The largest absolute Gasteiger partial charge is 0.510 e. The number of carbonyl (C=O) groups excluding carboxylic acids is 3. The van der Waals surface area contributed by atoms with Gasteiger partial charge in [0.15, 0.2) is 0 Å². The van der Waals surface area contributed by atoms with Crippen molar-refractivity contribution in [2.45, 2.75) is 65.3 Å². The number of imide groups is 1. The van der Waals surface area contributed by atoms with Gasteiger partial charge >= 0.3 is 12.2 Å².